The second-order valence-electron chi connectivity index (χ2n) is 6.49. The van der Waals surface area contributed by atoms with Gasteiger partial charge in [0, 0.05) is 19.8 Å². The lowest BCUT2D eigenvalue weighted by Crippen LogP contribution is -2.49. The van der Waals surface area contributed by atoms with Crippen molar-refractivity contribution in [3.05, 3.63) is 0 Å². The second kappa shape index (κ2) is 7.61. The van der Waals surface area contributed by atoms with Crippen LogP contribution in [0, 0.1) is 5.92 Å². The molecule has 0 bridgehead atoms. The fourth-order valence-corrected chi connectivity index (χ4v) is 3.56. The van der Waals surface area contributed by atoms with Crippen molar-refractivity contribution in [2.75, 3.05) is 26.3 Å². The van der Waals surface area contributed by atoms with Crippen LogP contribution in [0.2, 0.25) is 0 Å². The van der Waals surface area contributed by atoms with Crippen LogP contribution in [0.4, 0.5) is 0 Å². The SMILES string of the molecule is CCCNCC1(OC2CCOCC2)CCCC(C)C1. The van der Waals surface area contributed by atoms with Crippen LogP contribution in [0.15, 0.2) is 0 Å². The van der Waals surface area contributed by atoms with Crippen molar-refractivity contribution in [3.8, 4) is 0 Å². The lowest BCUT2D eigenvalue weighted by molar-refractivity contribution is -0.145. The van der Waals surface area contributed by atoms with E-state index in [-0.39, 0.29) is 5.60 Å². The van der Waals surface area contributed by atoms with Crippen LogP contribution < -0.4 is 5.32 Å². The number of hydrogen-bond donors (Lipinski definition) is 1. The first-order chi connectivity index (χ1) is 9.24. The van der Waals surface area contributed by atoms with E-state index in [0.29, 0.717) is 6.10 Å². The van der Waals surface area contributed by atoms with Crippen molar-refractivity contribution in [2.45, 2.75) is 70.5 Å². The Bertz CT molecular complexity index is 253. The van der Waals surface area contributed by atoms with Crippen molar-refractivity contribution in [1.29, 1.82) is 0 Å². The van der Waals surface area contributed by atoms with Crippen molar-refractivity contribution in [1.82, 2.24) is 5.32 Å². The highest BCUT2D eigenvalue weighted by Crippen LogP contribution is 2.36. The Labute approximate surface area is 118 Å². The van der Waals surface area contributed by atoms with Gasteiger partial charge in [-0.3, -0.25) is 0 Å². The number of hydrogen-bond acceptors (Lipinski definition) is 3. The summed E-state index contributed by atoms with van der Waals surface area (Å²) in [5, 5.41) is 3.60. The molecule has 0 spiro atoms. The van der Waals surface area contributed by atoms with E-state index in [4.69, 9.17) is 9.47 Å². The molecule has 2 atom stereocenters. The average molecular weight is 269 g/mol. The third-order valence-electron chi connectivity index (χ3n) is 4.51. The summed E-state index contributed by atoms with van der Waals surface area (Å²) >= 11 is 0. The first kappa shape index (κ1) is 15.3. The summed E-state index contributed by atoms with van der Waals surface area (Å²) in [6.45, 7) is 8.48. The molecule has 0 radical (unpaired) electrons. The van der Waals surface area contributed by atoms with Crippen molar-refractivity contribution in [2.24, 2.45) is 5.92 Å². The van der Waals surface area contributed by atoms with Gasteiger partial charge >= 0.3 is 0 Å². The molecule has 1 saturated heterocycles. The van der Waals surface area contributed by atoms with Crippen LogP contribution in [-0.4, -0.2) is 38.0 Å². The van der Waals surface area contributed by atoms with Gasteiger partial charge in [0.2, 0.25) is 0 Å². The van der Waals surface area contributed by atoms with E-state index in [1.807, 2.05) is 0 Å². The van der Waals surface area contributed by atoms with Crippen molar-refractivity contribution >= 4 is 0 Å². The van der Waals surface area contributed by atoms with Gasteiger partial charge in [-0.1, -0.05) is 26.7 Å². The maximum absolute atomic E-state index is 6.59. The minimum absolute atomic E-state index is 0.0921. The van der Waals surface area contributed by atoms with Crippen LogP contribution in [0.5, 0.6) is 0 Å². The first-order valence-electron chi connectivity index (χ1n) is 8.20. The highest BCUT2D eigenvalue weighted by Gasteiger charge is 2.37. The highest BCUT2D eigenvalue weighted by atomic mass is 16.5. The zero-order valence-electron chi connectivity index (χ0n) is 12.7. The Morgan fingerprint density at radius 3 is 2.74 bits per heavy atom. The van der Waals surface area contributed by atoms with Gasteiger partial charge in [0.05, 0.1) is 11.7 Å². The maximum atomic E-state index is 6.59. The molecule has 1 saturated carbocycles. The van der Waals surface area contributed by atoms with Gasteiger partial charge in [-0.15, -0.1) is 0 Å². The zero-order valence-corrected chi connectivity index (χ0v) is 12.7. The molecule has 0 aromatic heterocycles. The standard InChI is InChI=1S/C16H31NO2/c1-3-9-17-13-16(8-4-5-14(2)12-16)19-15-6-10-18-11-7-15/h14-15,17H,3-13H2,1-2H3. The highest BCUT2D eigenvalue weighted by molar-refractivity contribution is 4.90. The topological polar surface area (TPSA) is 30.5 Å². The minimum atomic E-state index is 0.0921. The largest absolute Gasteiger partial charge is 0.381 e. The fraction of sp³-hybridized carbons (Fsp3) is 1.00. The van der Waals surface area contributed by atoms with E-state index in [0.717, 1.165) is 45.1 Å². The molecule has 3 heteroatoms. The molecule has 1 aliphatic carbocycles. The fourth-order valence-electron chi connectivity index (χ4n) is 3.56. The Balaban J connectivity index is 1.91. The predicted molar refractivity (Wildman–Crippen MR) is 78.4 cm³/mol. The summed E-state index contributed by atoms with van der Waals surface area (Å²) in [5.41, 5.74) is 0.0921. The molecular formula is C16H31NO2. The van der Waals surface area contributed by atoms with Gasteiger partial charge in [0.1, 0.15) is 0 Å². The predicted octanol–water partition coefficient (Wildman–Crippen LogP) is 3.13. The minimum Gasteiger partial charge on any atom is -0.381 e. The molecule has 0 aromatic rings. The van der Waals surface area contributed by atoms with E-state index in [2.05, 4.69) is 19.2 Å². The molecule has 2 aliphatic rings. The molecule has 2 unspecified atom stereocenters. The van der Waals surface area contributed by atoms with E-state index in [1.54, 1.807) is 0 Å². The van der Waals surface area contributed by atoms with Crippen LogP contribution in [0.25, 0.3) is 0 Å². The normalized spacial score (nSPS) is 33.5. The van der Waals surface area contributed by atoms with Crippen LogP contribution >= 0.6 is 0 Å². The Kier molecular flexibility index (Phi) is 6.11. The quantitative estimate of drug-likeness (QED) is 0.752. The van der Waals surface area contributed by atoms with Gasteiger partial charge < -0.3 is 14.8 Å². The Morgan fingerprint density at radius 2 is 2.05 bits per heavy atom. The molecule has 0 amide bonds. The molecule has 1 heterocycles. The lowest BCUT2D eigenvalue weighted by atomic mass is 9.78. The summed E-state index contributed by atoms with van der Waals surface area (Å²) in [4.78, 5) is 0. The molecule has 1 aliphatic heterocycles. The summed E-state index contributed by atoms with van der Waals surface area (Å²) in [6, 6.07) is 0. The van der Waals surface area contributed by atoms with Gasteiger partial charge in [-0.2, -0.15) is 0 Å². The Morgan fingerprint density at radius 1 is 1.26 bits per heavy atom. The van der Waals surface area contributed by atoms with Crippen molar-refractivity contribution < 1.29 is 9.47 Å². The van der Waals surface area contributed by atoms with Crippen molar-refractivity contribution in [3.63, 3.8) is 0 Å². The molecule has 112 valence electrons. The monoisotopic (exact) mass is 269 g/mol. The van der Waals surface area contributed by atoms with E-state index >= 15 is 0 Å². The Hall–Kier alpha value is -0.120. The number of nitrogens with one attached hydrogen (secondary N) is 1. The average Bonchev–Trinajstić information content (AvgIpc) is 2.40. The molecule has 2 rings (SSSR count). The van der Waals surface area contributed by atoms with Gasteiger partial charge in [0.25, 0.3) is 0 Å². The zero-order chi connectivity index (χ0) is 13.6. The number of rotatable bonds is 6. The van der Waals surface area contributed by atoms with Crippen LogP contribution in [0.1, 0.15) is 58.8 Å². The third-order valence-corrected chi connectivity index (χ3v) is 4.51. The molecule has 3 nitrogen and oxygen atoms in total. The first-order valence-corrected chi connectivity index (χ1v) is 8.20. The summed E-state index contributed by atoms with van der Waals surface area (Å²) in [6.07, 6.45) is 8.90. The van der Waals surface area contributed by atoms with E-state index < -0.39 is 0 Å². The van der Waals surface area contributed by atoms with Crippen LogP contribution in [0.3, 0.4) is 0 Å². The molecule has 19 heavy (non-hydrogen) atoms. The molecule has 0 aromatic carbocycles. The molecule has 1 N–H and O–H groups in total. The molecular weight excluding hydrogens is 238 g/mol. The lowest BCUT2D eigenvalue weighted by Gasteiger charge is -2.43. The van der Waals surface area contributed by atoms with E-state index in [1.165, 1.54) is 32.1 Å². The van der Waals surface area contributed by atoms with Crippen LogP contribution in [-0.2, 0) is 9.47 Å². The number of ether oxygens (including phenoxy) is 2. The summed E-state index contributed by atoms with van der Waals surface area (Å²) in [5.74, 6) is 0.803. The van der Waals surface area contributed by atoms with Gasteiger partial charge in [-0.05, 0) is 44.6 Å². The smallest absolute Gasteiger partial charge is 0.0812 e. The molecule has 2 fully saturated rings. The summed E-state index contributed by atoms with van der Waals surface area (Å²) < 4.78 is 12.0. The maximum Gasteiger partial charge on any atom is 0.0812 e. The summed E-state index contributed by atoms with van der Waals surface area (Å²) in [7, 11) is 0. The third kappa shape index (κ3) is 4.73. The van der Waals surface area contributed by atoms with Gasteiger partial charge in [-0.25, -0.2) is 0 Å². The second-order valence-corrected chi connectivity index (χ2v) is 6.49. The van der Waals surface area contributed by atoms with Gasteiger partial charge in [0.15, 0.2) is 0 Å². The van der Waals surface area contributed by atoms with E-state index in [9.17, 15) is 0 Å².